The first-order chi connectivity index (χ1) is 15.9. The number of nitrogens with two attached hydrogens (primary N) is 4. The molecule has 0 fully saturated rings. The van der Waals surface area contributed by atoms with Gasteiger partial charge >= 0.3 is 5.97 Å². The van der Waals surface area contributed by atoms with Gasteiger partial charge in [-0.05, 0) is 45.6 Å². The van der Waals surface area contributed by atoms with Gasteiger partial charge in [0.2, 0.25) is 17.7 Å². The van der Waals surface area contributed by atoms with Crippen LogP contribution in [0.3, 0.4) is 0 Å². The van der Waals surface area contributed by atoms with E-state index < -0.39 is 60.6 Å². The third kappa shape index (κ3) is 12.3. The lowest BCUT2D eigenvalue weighted by molar-refractivity contribution is -0.145. The van der Waals surface area contributed by atoms with Crippen molar-refractivity contribution in [3.05, 3.63) is 0 Å². The zero-order valence-electron chi connectivity index (χ0n) is 19.3. The van der Waals surface area contributed by atoms with Gasteiger partial charge in [0.15, 0.2) is 12.0 Å². The van der Waals surface area contributed by atoms with Gasteiger partial charge in [-0.1, -0.05) is 0 Å². The minimum absolute atomic E-state index is 0.0831. The van der Waals surface area contributed by atoms with Crippen molar-refractivity contribution in [2.45, 2.75) is 69.3 Å². The number of aliphatic hydroxyl groups excluding tert-OH is 2. The molecule has 0 aromatic rings. The number of rotatable bonds is 17. The van der Waals surface area contributed by atoms with E-state index >= 15 is 0 Å². The van der Waals surface area contributed by atoms with Crippen LogP contribution in [0.25, 0.3) is 0 Å². The number of hydrogen-bond acceptors (Lipinski definition) is 9. The topological polar surface area (TPSA) is 282 Å². The SMILES string of the molecule is CC(O)C(NC(=O)C(CO)NC(=O)C(CCCCN)NC(=O)C(N)CCCN=C(N)N)C(=O)O. The molecule has 15 nitrogen and oxygen atoms in total. The number of hydrogen-bond donors (Lipinski definition) is 10. The zero-order valence-corrected chi connectivity index (χ0v) is 19.3. The van der Waals surface area contributed by atoms with Crippen molar-refractivity contribution in [3.8, 4) is 0 Å². The van der Waals surface area contributed by atoms with E-state index in [4.69, 9.17) is 28.0 Å². The van der Waals surface area contributed by atoms with Gasteiger partial charge < -0.3 is 54.2 Å². The molecule has 0 saturated heterocycles. The molecule has 0 aliphatic rings. The molecule has 0 radical (unpaired) electrons. The summed E-state index contributed by atoms with van der Waals surface area (Å²) >= 11 is 0. The van der Waals surface area contributed by atoms with Gasteiger partial charge in [0, 0.05) is 6.54 Å². The highest BCUT2D eigenvalue weighted by Gasteiger charge is 2.31. The van der Waals surface area contributed by atoms with Crippen LogP contribution in [0.1, 0.15) is 39.0 Å². The number of carboxylic acids is 1. The van der Waals surface area contributed by atoms with Crippen LogP contribution in [0.4, 0.5) is 0 Å². The number of guanidine groups is 1. The maximum absolute atomic E-state index is 12.8. The van der Waals surface area contributed by atoms with Crippen molar-refractivity contribution in [2.75, 3.05) is 19.7 Å². The number of carbonyl (C=O) groups excluding carboxylic acids is 3. The van der Waals surface area contributed by atoms with E-state index in [-0.39, 0.29) is 25.3 Å². The summed E-state index contributed by atoms with van der Waals surface area (Å²) in [7, 11) is 0. The number of aliphatic imine (C=N–C) groups is 1. The number of nitrogens with one attached hydrogen (secondary N) is 3. The van der Waals surface area contributed by atoms with Crippen LogP contribution < -0.4 is 38.9 Å². The molecular formula is C19H38N8O7. The number of amides is 3. The lowest BCUT2D eigenvalue weighted by Gasteiger charge is -2.25. The molecule has 0 heterocycles. The highest BCUT2D eigenvalue weighted by atomic mass is 16.4. The number of carboxylic acid groups (broad SMARTS) is 1. The van der Waals surface area contributed by atoms with E-state index in [1.807, 2.05) is 5.32 Å². The third-order valence-electron chi connectivity index (χ3n) is 4.75. The molecule has 34 heavy (non-hydrogen) atoms. The Balaban J connectivity index is 5.17. The molecule has 0 saturated carbocycles. The summed E-state index contributed by atoms with van der Waals surface area (Å²) in [4.78, 5) is 52.5. The fraction of sp³-hybridized carbons (Fsp3) is 0.737. The van der Waals surface area contributed by atoms with Gasteiger partial charge in [-0.3, -0.25) is 19.4 Å². The van der Waals surface area contributed by atoms with Crippen LogP contribution in [0.15, 0.2) is 4.99 Å². The average molecular weight is 491 g/mol. The highest BCUT2D eigenvalue weighted by molar-refractivity contribution is 5.94. The summed E-state index contributed by atoms with van der Waals surface area (Å²) in [6.07, 6.45) is 0.486. The Hall–Kier alpha value is -3.01. The quantitative estimate of drug-likeness (QED) is 0.0525. The fourth-order valence-electron chi connectivity index (χ4n) is 2.80. The summed E-state index contributed by atoms with van der Waals surface area (Å²) in [5, 5.41) is 34.9. The fourth-order valence-corrected chi connectivity index (χ4v) is 2.80. The average Bonchev–Trinajstić information content (AvgIpc) is 2.76. The first kappa shape index (κ1) is 31.0. The van der Waals surface area contributed by atoms with Crippen LogP contribution in [0.2, 0.25) is 0 Å². The zero-order chi connectivity index (χ0) is 26.3. The third-order valence-corrected chi connectivity index (χ3v) is 4.75. The van der Waals surface area contributed by atoms with Crippen molar-refractivity contribution < 1.29 is 34.5 Å². The molecule has 0 aliphatic carbocycles. The summed E-state index contributed by atoms with van der Waals surface area (Å²) in [5.41, 5.74) is 21.8. The van der Waals surface area contributed by atoms with Crippen LogP contribution >= 0.6 is 0 Å². The lowest BCUT2D eigenvalue weighted by Crippen LogP contribution is -2.59. The van der Waals surface area contributed by atoms with E-state index in [0.717, 1.165) is 6.92 Å². The second kappa shape index (κ2) is 16.6. The summed E-state index contributed by atoms with van der Waals surface area (Å²) in [6.45, 7) is 0.956. The molecule has 5 atom stereocenters. The lowest BCUT2D eigenvalue weighted by atomic mass is 10.1. The number of carbonyl (C=O) groups is 4. The molecule has 0 rings (SSSR count). The van der Waals surface area contributed by atoms with Crippen molar-refractivity contribution in [2.24, 2.45) is 27.9 Å². The van der Waals surface area contributed by atoms with Crippen LogP contribution in [-0.4, -0.2) is 94.9 Å². The molecule has 0 spiro atoms. The molecule has 0 aliphatic heterocycles. The van der Waals surface area contributed by atoms with Gasteiger partial charge in [-0.15, -0.1) is 0 Å². The molecule has 3 amide bonds. The van der Waals surface area contributed by atoms with Crippen molar-refractivity contribution in [1.82, 2.24) is 16.0 Å². The smallest absolute Gasteiger partial charge is 0.328 e. The van der Waals surface area contributed by atoms with E-state index in [2.05, 4.69) is 15.6 Å². The standard InChI is InChI=1S/C19H38N8O7/c1-10(29)14(18(33)34)27-17(32)13(9-28)26-16(31)12(6-2-3-7-20)25-15(30)11(21)5-4-8-24-19(22)23/h10-14,28-29H,2-9,20-21H2,1H3,(H,25,30)(H,26,31)(H,27,32)(H,33,34)(H4,22,23,24). The number of unbranched alkanes of at least 4 members (excludes halogenated alkanes) is 1. The van der Waals surface area contributed by atoms with Gasteiger partial charge in [-0.2, -0.15) is 0 Å². The van der Waals surface area contributed by atoms with Crippen molar-refractivity contribution in [1.29, 1.82) is 0 Å². The Morgan fingerprint density at radius 2 is 1.50 bits per heavy atom. The molecule has 0 bridgehead atoms. The number of aliphatic hydroxyl groups is 2. The van der Waals surface area contributed by atoms with Crippen LogP contribution in [0, 0.1) is 0 Å². The molecule has 14 N–H and O–H groups in total. The largest absolute Gasteiger partial charge is 0.480 e. The Morgan fingerprint density at radius 3 is 2.00 bits per heavy atom. The maximum Gasteiger partial charge on any atom is 0.328 e. The van der Waals surface area contributed by atoms with Crippen LogP contribution in [-0.2, 0) is 19.2 Å². The van der Waals surface area contributed by atoms with E-state index in [1.54, 1.807) is 0 Å². The summed E-state index contributed by atoms with van der Waals surface area (Å²) < 4.78 is 0. The van der Waals surface area contributed by atoms with E-state index in [1.165, 1.54) is 0 Å². The normalized spacial score (nSPS) is 15.2. The first-order valence-electron chi connectivity index (χ1n) is 10.9. The Bertz CT molecular complexity index is 700. The second-order valence-corrected chi connectivity index (χ2v) is 7.71. The minimum Gasteiger partial charge on any atom is -0.480 e. The van der Waals surface area contributed by atoms with E-state index in [9.17, 15) is 29.4 Å². The maximum atomic E-state index is 12.8. The monoisotopic (exact) mass is 490 g/mol. The predicted molar refractivity (Wildman–Crippen MR) is 123 cm³/mol. The van der Waals surface area contributed by atoms with Gasteiger partial charge in [0.1, 0.15) is 12.1 Å². The van der Waals surface area contributed by atoms with Crippen molar-refractivity contribution >= 4 is 29.7 Å². The molecular weight excluding hydrogens is 452 g/mol. The summed E-state index contributed by atoms with van der Waals surface area (Å²) in [6, 6.07) is -5.19. The Labute approximate surface area is 197 Å². The molecule has 0 aromatic heterocycles. The van der Waals surface area contributed by atoms with Crippen molar-refractivity contribution in [3.63, 3.8) is 0 Å². The van der Waals surface area contributed by atoms with Gasteiger partial charge in [-0.25, -0.2) is 4.79 Å². The predicted octanol–water partition coefficient (Wildman–Crippen LogP) is -4.59. The van der Waals surface area contributed by atoms with Crippen LogP contribution in [0.5, 0.6) is 0 Å². The molecule has 15 heteroatoms. The number of aliphatic carboxylic acids is 1. The van der Waals surface area contributed by atoms with Gasteiger partial charge in [0.25, 0.3) is 0 Å². The number of nitrogens with zero attached hydrogens (tertiary/aromatic N) is 1. The summed E-state index contributed by atoms with van der Waals surface area (Å²) in [5.74, 6) is -3.99. The molecule has 5 unspecified atom stereocenters. The van der Waals surface area contributed by atoms with E-state index in [0.29, 0.717) is 25.8 Å². The first-order valence-corrected chi connectivity index (χ1v) is 10.9. The Morgan fingerprint density at radius 1 is 0.912 bits per heavy atom. The Kier molecular flexibility index (Phi) is 15.1. The molecule has 0 aromatic carbocycles. The minimum atomic E-state index is -1.64. The molecule has 196 valence electrons. The highest BCUT2D eigenvalue weighted by Crippen LogP contribution is 2.04. The second-order valence-electron chi connectivity index (χ2n) is 7.71. The van der Waals surface area contributed by atoms with Gasteiger partial charge in [0.05, 0.1) is 18.8 Å².